The van der Waals surface area contributed by atoms with Crippen LogP contribution in [0.15, 0.2) is 0 Å². The predicted molar refractivity (Wildman–Crippen MR) is 43.6 cm³/mol. The van der Waals surface area contributed by atoms with Crippen LogP contribution < -0.4 is 0 Å². The van der Waals surface area contributed by atoms with Gasteiger partial charge in [0.25, 0.3) is 0 Å². The highest BCUT2D eigenvalue weighted by atomic mass is 16.5. The highest BCUT2D eigenvalue weighted by Crippen LogP contribution is 2.08. The summed E-state index contributed by atoms with van der Waals surface area (Å²) in [5.74, 6) is 0. The zero-order chi connectivity index (χ0) is 8.74. The zero-order valence-corrected chi connectivity index (χ0v) is 7.59. The Labute approximate surface area is 68.3 Å². The van der Waals surface area contributed by atoms with Gasteiger partial charge in [-0.1, -0.05) is 0 Å². The number of aliphatic hydroxyl groups excluding tert-OH is 1. The van der Waals surface area contributed by atoms with Crippen LogP contribution in [0.2, 0.25) is 0 Å². The third-order valence-electron chi connectivity index (χ3n) is 1.22. The molecule has 0 aliphatic heterocycles. The molecule has 0 saturated heterocycles. The highest BCUT2D eigenvalue weighted by Gasteiger charge is 2.16. The van der Waals surface area contributed by atoms with Crippen LogP contribution in [0.4, 0.5) is 0 Å². The molecule has 0 aromatic rings. The topological polar surface area (TPSA) is 38.7 Å². The highest BCUT2D eigenvalue weighted by molar-refractivity contribution is 4.66. The Morgan fingerprint density at radius 1 is 1.36 bits per heavy atom. The minimum absolute atomic E-state index is 0.0716. The molecule has 0 bridgehead atoms. The molecule has 1 N–H and O–H groups in total. The second-order valence-corrected chi connectivity index (χ2v) is 2.97. The molecule has 0 heterocycles. The molecule has 0 rings (SSSR count). The van der Waals surface area contributed by atoms with E-state index in [1.807, 2.05) is 20.8 Å². The van der Waals surface area contributed by atoms with E-state index in [9.17, 15) is 0 Å². The maximum Gasteiger partial charge on any atom is 0.0858 e. The van der Waals surface area contributed by atoms with Gasteiger partial charge in [-0.2, -0.15) is 0 Å². The Hall–Kier alpha value is -0.120. The average Bonchev–Trinajstić information content (AvgIpc) is 1.87. The van der Waals surface area contributed by atoms with Gasteiger partial charge in [0.15, 0.2) is 0 Å². The summed E-state index contributed by atoms with van der Waals surface area (Å²) in [5, 5.41) is 8.43. The monoisotopic (exact) mass is 162 g/mol. The van der Waals surface area contributed by atoms with Crippen LogP contribution in [0, 0.1) is 0 Å². The normalized spacial score (nSPS) is 12.0. The number of aliphatic hydroxyl groups is 1. The fraction of sp³-hybridized carbons (Fsp3) is 1.00. The fourth-order valence-electron chi connectivity index (χ4n) is 0.815. The van der Waals surface area contributed by atoms with Crippen LogP contribution in [0.25, 0.3) is 0 Å². The van der Waals surface area contributed by atoms with E-state index in [4.69, 9.17) is 14.6 Å². The molecule has 0 aromatic carbocycles. The first-order valence-electron chi connectivity index (χ1n) is 3.95. The van der Waals surface area contributed by atoms with Crippen LogP contribution in [0.1, 0.15) is 20.8 Å². The first-order chi connectivity index (χ1) is 5.12. The van der Waals surface area contributed by atoms with Crippen LogP contribution in [0.5, 0.6) is 0 Å². The molecule has 3 heteroatoms. The lowest BCUT2D eigenvalue weighted by Gasteiger charge is -2.23. The SMILES string of the molecule is CCOC(C)(C)COCCO. The molecule has 0 atom stereocenters. The van der Waals surface area contributed by atoms with Crippen molar-refractivity contribution in [2.24, 2.45) is 0 Å². The number of hydrogen-bond acceptors (Lipinski definition) is 3. The van der Waals surface area contributed by atoms with Gasteiger partial charge in [-0.25, -0.2) is 0 Å². The summed E-state index contributed by atoms with van der Waals surface area (Å²) in [6.45, 7) is 7.56. The minimum atomic E-state index is -0.232. The van der Waals surface area contributed by atoms with Crippen LogP contribution in [0.3, 0.4) is 0 Å². The molecular formula is C8H18O3. The minimum Gasteiger partial charge on any atom is -0.394 e. The molecular weight excluding hydrogens is 144 g/mol. The summed E-state index contributed by atoms with van der Waals surface area (Å²) in [5.41, 5.74) is -0.232. The maximum absolute atomic E-state index is 8.43. The fourth-order valence-corrected chi connectivity index (χ4v) is 0.815. The molecule has 0 aliphatic rings. The van der Waals surface area contributed by atoms with Gasteiger partial charge in [-0.15, -0.1) is 0 Å². The molecule has 0 fully saturated rings. The van der Waals surface area contributed by atoms with Crippen molar-refractivity contribution in [2.45, 2.75) is 26.4 Å². The second-order valence-electron chi connectivity index (χ2n) is 2.97. The van der Waals surface area contributed by atoms with Gasteiger partial charge in [0.2, 0.25) is 0 Å². The van der Waals surface area contributed by atoms with Crippen molar-refractivity contribution in [2.75, 3.05) is 26.4 Å². The number of ether oxygens (including phenoxy) is 2. The summed E-state index contributed by atoms with van der Waals surface area (Å²) in [6, 6.07) is 0. The van der Waals surface area contributed by atoms with Gasteiger partial charge in [0.1, 0.15) is 0 Å². The Balaban J connectivity index is 3.38. The zero-order valence-electron chi connectivity index (χ0n) is 7.59. The molecule has 68 valence electrons. The Kier molecular flexibility index (Phi) is 5.46. The van der Waals surface area contributed by atoms with E-state index >= 15 is 0 Å². The van der Waals surface area contributed by atoms with Crippen molar-refractivity contribution in [3.63, 3.8) is 0 Å². The summed E-state index contributed by atoms with van der Waals surface area (Å²) in [6.07, 6.45) is 0. The Morgan fingerprint density at radius 3 is 2.45 bits per heavy atom. The molecule has 0 amide bonds. The van der Waals surface area contributed by atoms with E-state index in [-0.39, 0.29) is 12.2 Å². The standard InChI is InChI=1S/C8H18O3/c1-4-11-8(2,3)7-10-6-5-9/h9H,4-7H2,1-3H3. The maximum atomic E-state index is 8.43. The number of rotatable bonds is 6. The molecule has 11 heavy (non-hydrogen) atoms. The van der Waals surface area contributed by atoms with Gasteiger partial charge in [0.05, 0.1) is 25.4 Å². The Morgan fingerprint density at radius 2 is 2.00 bits per heavy atom. The van der Waals surface area contributed by atoms with Gasteiger partial charge in [0, 0.05) is 6.61 Å². The van der Waals surface area contributed by atoms with Crippen molar-refractivity contribution in [1.29, 1.82) is 0 Å². The molecule has 0 radical (unpaired) electrons. The van der Waals surface area contributed by atoms with Gasteiger partial charge < -0.3 is 14.6 Å². The lowest BCUT2D eigenvalue weighted by Crippen LogP contribution is -2.31. The van der Waals surface area contributed by atoms with Crippen molar-refractivity contribution < 1.29 is 14.6 Å². The molecule has 0 spiro atoms. The third kappa shape index (κ3) is 6.28. The largest absolute Gasteiger partial charge is 0.394 e. The summed E-state index contributed by atoms with van der Waals surface area (Å²) in [4.78, 5) is 0. The van der Waals surface area contributed by atoms with E-state index in [1.54, 1.807) is 0 Å². The van der Waals surface area contributed by atoms with E-state index in [2.05, 4.69) is 0 Å². The van der Waals surface area contributed by atoms with E-state index < -0.39 is 0 Å². The van der Waals surface area contributed by atoms with Gasteiger partial charge >= 0.3 is 0 Å². The lowest BCUT2D eigenvalue weighted by atomic mass is 10.1. The average molecular weight is 162 g/mol. The predicted octanol–water partition coefficient (Wildman–Crippen LogP) is 0.810. The van der Waals surface area contributed by atoms with Crippen LogP contribution >= 0.6 is 0 Å². The molecule has 0 aromatic heterocycles. The quantitative estimate of drug-likeness (QED) is 0.587. The first-order valence-corrected chi connectivity index (χ1v) is 3.95. The van der Waals surface area contributed by atoms with Crippen molar-refractivity contribution in [1.82, 2.24) is 0 Å². The summed E-state index contributed by atoms with van der Waals surface area (Å²) >= 11 is 0. The number of hydrogen-bond donors (Lipinski definition) is 1. The van der Waals surface area contributed by atoms with Crippen LogP contribution in [-0.2, 0) is 9.47 Å². The van der Waals surface area contributed by atoms with E-state index in [0.717, 1.165) is 0 Å². The Bertz CT molecular complexity index is 91.3. The molecule has 0 unspecified atom stereocenters. The molecule has 3 nitrogen and oxygen atoms in total. The molecule has 0 saturated carbocycles. The van der Waals surface area contributed by atoms with Crippen molar-refractivity contribution in [3.8, 4) is 0 Å². The van der Waals surface area contributed by atoms with Crippen molar-refractivity contribution >= 4 is 0 Å². The third-order valence-corrected chi connectivity index (χ3v) is 1.22. The van der Waals surface area contributed by atoms with Gasteiger partial charge in [-0.05, 0) is 20.8 Å². The summed E-state index contributed by atoms with van der Waals surface area (Å²) in [7, 11) is 0. The van der Waals surface area contributed by atoms with Crippen LogP contribution in [-0.4, -0.2) is 37.1 Å². The lowest BCUT2D eigenvalue weighted by molar-refractivity contribution is -0.0745. The van der Waals surface area contributed by atoms with Crippen molar-refractivity contribution in [3.05, 3.63) is 0 Å². The van der Waals surface area contributed by atoms with E-state index in [1.165, 1.54) is 0 Å². The molecule has 0 aliphatic carbocycles. The summed E-state index contributed by atoms with van der Waals surface area (Å²) < 4.78 is 10.5. The second kappa shape index (κ2) is 5.52. The smallest absolute Gasteiger partial charge is 0.0858 e. The van der Waals surface area contributed by atoms with E-state index in [0.29, 0.717) is 19.8 Å². The van der Waals surface area contributed by atoms with Gasteiger partial charge in [-0.3, -0.25) is 0 Å². The first kappa shape index (κ1) is 10.9.